The zero-order valence-electron chi connectivity index (χ0n) is 10.3. The van der Waals surface area contributed by atoms with Crippen molar-refractivity contribution in [1.82, 2.24) is 0 Å². The fourth-order valence-electron chi connectivity index (χ4n) is 2.23. The molecule has 0 aliphatic heterocycles. The molecule has 0 N–H and O–H groups in total. The third kappa shape index (κ3) is 1.78. The van der Waals surface area contributed by atoms with Crippen molar-refractivity contribution in [3.05, 3.63) is 65.5 Å². The van der Waals surface area contributed by atoms with Gasteiger partial charge in [0.05, 0.1) is 12.3 Å². The van der Waals surface area contributed by atoms with Gasteiger partial charge in [-0.2, -0.15) is 0 Å². The first kappa shape index (κ1) is 11.5. The zero-order valence-corrected chi connectivity index (χ0v) is 10.3. The number of aryl methyl sites for hydroxylation is 1. The molecule has 0 amide bonds. The molecule has 1 heterocycles. The van der Waals surface area contributed by atoms with Gasteiger partial charge in [-0.1, -0.05) is 30.3 Å². The van der Waals surface area contributed by atoms with E-state index >= 15 is 0 Å². The minimum Gasteiger partial charge on any atom is -0.472 e. The molecule has 0 aliphatic rings. The van der Waals surface area contributed by atoms with Crippen molar-refractivity contribution in [1.29, 1.82) is 0 Å². The van der Waals surface area contributed by atoms with E-state index in [4.69, 9.17) is 11.0 Å². The summed E-state index contributed by atoms with van der Waals surface area (Å²) < 4.78 is 19.5. The molecule has 3 heteroatoms. The van der Waals surface area contributed by atoms with Gasteiger partial charge in [0.1, 0.15) is 11.4 Å². The minimum atomic E-state index is -0.546. The lowest BCUT2D eigenvalue weighted by molar-refractivity contribution is 0.574. The summed E-state index contributed by atoms with van der Waals surface area (Å²) in [5, 5.41) is 0.774. The Morgan fingerprint density at radius 2 is 1.89 bits per heavy atom. The van der Waals surface area contributed by atoms with Crippen LogP contribution in [0.3, 0.4) is 0 Å². The normalized spacial score (nSPS) is 10.6. The maximum Gasteiger partial charge on any atom is 0.264 e. The van der Waals surface area contributed by atoms with E-state index in [1.54, 1.807) is 6.92 Å². The van der Waals surface area contributed by atoms with Gasteiger partial charge < -0.3 is 4.42 Å². The van der Waals surface area contributed by atoms with Gasteiger partial charge in [0.15, 0.2) is 0 Å². The number of rotatable bonds is 1. The summed E-state index contributed by atoms with van der Waals surface area (Å²) in [6.07, 6.45) is 0. The highest BCUT2D eigenvalue weighted by Gasteiger charge is 2.17. The van der Waals surface area contributed by atoms with E-state index in [2.05, 4.69) is 4.85 Å². The SMILES string of the molecule is [C-]#[N+]c1c(F)cc(-c2ccccc2)c2cc(C)oc12. The summed E-state index contributed by atoms with van der Waals surface area (Å²) in [4.78, 5) is 3.23. The number of benzene rings is 2. The lowest BCUT2D eigenvalue weighted by atomic mass is 10.0. The van der Waals surface area contributed by atoms with Gasteiger partial charge in [0, 0.05) is 5.39 Å². The Balaban J connectivity index is 2.42. The molecule has 0 radical (unpaired) electrons. The van der Waals surface area contributed by atoms with Crippen LogP contribution in [0.2, 0.25) is 0 Å². The van der Waals surface area contributed by atoms with Crippen LogP contribution in [0.25, 0.3) is 26.9 Å². The van der Waals surface area contributed by atoms with Crippen LogP contribution >= 0.6 is 0 Å². The second-order valence-electron chi connectivity index (χ2n) is 4.33. The highest BCUT2D eigenvalue weighted by Crippen LogP contribution is 2.38. The Bertz CT molecular complexity index is 797. The van der Waals surface area contributed by atoms with Gasteiger partial charge in [0.2, 0.25) is 0 Å². The Morgan fingerprint density at radius 3 is 2.58 bits per heavy atom. The van der Waals surface area contributed by atoms with Crippen molar-refractivity contribution in [2.24, 2.45) is 0 Å². The van der Waals surface area contributed by atoms with Crippen LogP contribution in [0.5, 0.6) is 0 Å². The van der Waals surface area contributed by atoms with Crippen LogP contribution < -0.4 is 0 Å². The van der Waals surface area contributed by atoms with Crippen molar-refractivity contribution in [2.45, 2.75) is 6.92 Å². The fraction of sp³-hybridized carbons (Fsp3) is 0.0625. The first-order valence-electron chi connectivity index (χ1n) is 5.86. The number of halogens is 1. The van der Waals surface area contributed by atoms with Gasteiger partial charge in [-0.05, 0) is 30.2 Å². The number of hydrogen-bond acceptors (Lipinski definition) is 1. The topological polar surface area (TPSA) is 17.5 Å². The number of furan rings is 1. The highest BCUT2D eigenvalue weighted by atomic mass is 19.1. The Kier molecular flexibility index (Phi) is 2.57. The van der Waals surface area contributed by atoms with E-state index in [-0.39, 0.29) is 5.69 Å². The molecular weight excluding hydrogens is 241 g/mol. The number of hydrogen-bond donors (Lipinski definition) is 0. The average Bonchev–Trinajstić information content (AvgIpc) is 2.80. The molecule has 0 unspecified atom stereocenters. The average molecular weight is 251 g/mol. The standard InChI is InChI=1S/C16H10FNO/c1-10-8-13-12(11-6-4-3-5-7-11)9-14(17)15(18-2)16(13)19-10/h3-9H,1H3. The molecule has 0 saturated heterocycles. The van der Waals surface area contributed by atoms with E-state index in [0.717, 1.165) is 16.5 Å². The van der Waals surface area contributed by atoms with E-state index in [1.807, 2.05) is 36.4 Å². The highest BCUT2D eigenvalue weighted by molar-refractivity contribution is 6.01. The minimum absolute atomic E-state index is 0.0530. The van der Waals surface area contributed by atoms with E-state index in [9.17, 15) is 4.39 Å². The van der Waals surface area contributed by atoms with E-state index < -0.39 is 5.82 Å². The smallest absolute Gasteiger partial charge is 0.264 e. The van der Waals surface area contributed by atoms with Crippen LogP contribution in [0, 0.1) is 19.3 Å². The predicted octanol–water partition coefficient (Wildman–Crippen LogP) is 5.10. The second kappa shape index (κ2) is 4.25. The quantitative estimate of drug-likeness (QED) is 0.550. The molecule has 0 fully saturated rings. The molecule has 0 saturated carbocycles. The fourth-order valence-corrected chi connectivity index (χ4v) is 2.23. The summed E-state index contributed by atoms with van der Waals surface area (Å²) in [7, 11) is 0. The molecule has 3 rings (SSSR count). The summed E-state index contributed by atoms with van der Waals surface area (Å²) >= 11 is 0. The number of nitrogens with zero attached hydrogens (tertiary/aromatic N) is 1. The lowest BCUT2D eigenvalue weighted by Gasteiger charge is -2.05. The number of fused-ring (bicyclic) bond motifs is 1. The molecule has 0 atom stereocenters. The molecular formula is C16H10FNO. The van der Waals surface area contributed by atoms with Gasteiger partial charge >= 0.3 is 0 Å². The first-order valence-corrected chi connectivity index (χ1v) is 5.86. The molecule has 0 bridgehead atoms. The Morgan fingerprint density at radius 1 is 1.16 bits per heavy atom. The van der Waals surface area contributed by atoms with Gasteiger partial charge in [-0.25, -0.2) is 9.24 Å². The molecule has 3 aromatic rings. The second-order valence-corrected chi connectivity index (χ2v) is 4.33. The third-order valence-corrected chi connectivity index (χ3v) is 3.05. The molecule has 19 heavy (non-hydrogen) atoms. The molecule has 0 aliphatic carbocycles. The summed E-state index contributed by atoms with van der Waals surface area (Å²) in [6, 6.07) is 12.8. The molecule has 2 nitrogen and oxygen atoms in total. The summed E-state index contributed by atoms with van der Waals surface area (Å²) in [5.41, 5.74) is 1.93. The van der Waals surface area contributed by atoms with Gasteiger partial charge in [-0.15, -0.1) is 0 Å². The maximum atomic E-state index is 14.0. The molecule has 92 valence electrons. The Hall–Kier alpha value is -2.60. The lowest BCUT2D eigenvalue weighted by Crippen LogP contribution is -1.83. The van der Waals surface area contributed by atoms with Crippen molar-refractivity contribution in [3.8, 4) is 11.1 Å². The van der Waals surface area contributed by atoms with Gasteiger partial charge in [0.25, 0.3) is 5.69 Å². The van der Waals surface area contributed by atoms with Crippen LogP contribution in [-0.4, -0.2) is 0 Å². The molecule has 1 aromatic heterocycles. The molecule has 2 aromatic carbocycles. The van der Waals surface area contributed by atoms with Crippen LogP contribution in [-0.2, 0) is 0 Å². The van der Waals surface area contributed by atoms with E-state index in [1.165, 1.54) is 6.07 Å². The first-order chi connectivity index (χ1) is 9.20. The third-order valence-electron chi connectivity index (χ3n) is 3.05. The van der Waals surface area contributed by atoms with E-state index in [0.29, 0.717) is 11.3 Å². The summed E-state index contributed by atoms with van der Waals surface area (Å²) in [6.45, 7) is 8.87. The Labute approximate surface area is 109 Å². The maximum absolute atomic E-state index is 14.0. The largest absolute Gasteiger partial charge is 0.472 e. The van der Waals surface area contributed by atoms with Crippen molar-refractivity contribution >= 4 is 16.7 Å². The summed E-state index contributed by atoms with van der Waals surface area (Å²) in [5.74, 6) is 0.124. The van der Waals surface area contributed by atoms with Crippen LogP contribution in [0.1, 0.15) is 5.76 Å². The van der Waals surface area contributed by atoms with Crippen molar-refractivity contribution in [3.63, 3.8) is 0 Å². The van der Waals surface area contributed by atoms with Crippen LogP contribution in [0.4, 0.5) is 10.1 Å². The molecule has 0 spiro atoms. The monoisotopic (exact) mass is 251 g/mol. The van der Waals surface area contributed by atoms with Crippen molar-refractivity contribution < 1.29 is 8.81 Å². The predicted molar refractivity (Wildman–Crippen MR) is 72.6 cm³/mol. The van der Waals surface area contributed by atoms with Crippen molar-refractivity contribution in [2.75, 3.05) is 0 Å². The van der Waals surface area contributed by atoms with Gasteiger partial charge in [-0.3, -0.25) is 0 Å². The van der Waals surface area contributed by atoms with Crippen LogP contribution in [0.15, 0.2) is 46.9 Å². The zero-order chi connectivity index (χ0) is 13.4.